The summed E-state index contributed by atoms with van der Waals surface area (Å²) in [6.45, 7) is 4.33. The van der Waals surface area contributed by atoms with Crippen molar-refractivity contribution in [3.8, 4) is 0 Å². The fourth-order valence-electron chi connectivity index (χ4n) is 6.74. The van der Waals surface area contributed by atoms with Gasteiger partial charge in [-0.05, 0) is 103 Å². The summed E-state index contributed by atoms with van der Waals surface area (Å²) in [5, 5.41) is 9.78. The maximum atomic E-state index is 12.9. The van der Waals surface area contributed by atoms with Crippen molar-refractivity contribution >= 4 is 25.7 Å². The Morgan fingerprint density at radius 3 is 1.18 bits per heavy atom. The number of allylic oxidation sites excluding steroid dienone is 14. The van der Waals surface area contributed by atoms with Crippen molar-refractivity contribution in [1.82, 2.24) is 0 Å². The van der Waals surface area contributed by atoms with Crippen LogP contribution in [0.5, 0.6) is 0 Å². The zero-order valence-electron chi connectivity index (χ0n) is 42.8. The highest BCUT2D eigenvalue weighted by Gasteiger charge is 2.28. The van der Waals surface area contributed by atoms with Crippen LogP contribution < -0.4 is 0 Å². The van der Waals surface area contributed by atoms with E-state index in [1.165, 1.54) is 0 Å². The molecule has 0 aromatic heterocycles. The quantitative estimate of drug-likeness (QED) is 0.0197. The number of esters is 3. The van der Waals surface area contributed by atoms with Crippen molar-refractivity contribution < 1.29 is 52.2 Å². The van der Waals surface area contributed by atoms with Crippen LogP contribution in [0.15, 0.2) is 85.1 Å². The second kappa shape index (κ2) is 50.1. The number of phosphoric acid groups is 1. The molecule has 0 radical (unpaired) electrons. The number of carbonyl (C=O) groups is 3. The normalized spacial score (nSPS) is 14.1. The van der Waals surface area contributed by atoms with E-state index in [2.05, 4.69) is 106 Å². The van der Waals surface area contributed by atoms with Gasteiger partial charge in [-0.2, -0.15) is 0 Å². The smallest absolute Gasteiger partial charge is 0.462 e. The molecular formula is C56H95O11P. The van der Waals surface area contributed by atoms with Crippen LogP contribution >= 0.6 is 7.82 Å². The molecule has 3 unspecified atom stereocenters. The lowest BCUT2D eigenvalue weighted by Gasteiger charge is -2.21. The lowest BCUT2D eigenvalue weighted by molar-refractivity contribution is -0.161. The Morgan fingerprint density at radius 2 is 0.765 bits per heavy atom. The minimum Gasteiger partial charge on any atom is -0.462 e. The Hall–Kier alpha value is -3.34. The molecule has 0 spiro atoms. The molecule has 11 nitrogen and oxygen atoms in total. The van der Waals surface area contributed by atoms with E-state index >= 15 is 0 Å². The molecule has 0 aromatic carbocycles. The minimum absolute atomic E-state index is 0.143. The van der Waals surface area contributed by atoms with E-state index in [1.54, 1.807) is 0 Å². The molecule has 0 bridgehead atoms. The number of rotatable bonds is 48. The highest BCUT2D eigenvalue weighted by atomic mass is 31.2. The van der Waals surface area contributed by atoms with Crippen LogP contribution in [0.3, 0.4) is 0 Å². The van der Waals surface area contributed by atoms with Crippen LogP contribution in [-0.2, 0) is 42.2 Å². The Morgan fingerprint density at radius 1 is 0.426 bits per heavy atom. The number of phosphoric ester groups is 1. The summed E-state index contributed by atoms with van der Waals surface area (Å²) < 4.78 is 39.3. The number of aliphatic hydroxyl groups is 1. The zero-order valence-corrected chi connectivity index (χ0v) is 43.7. The molecule has 0 rings (SSSR count). The van der Waals surface area contributed by atoms with E-state index in [9.17, 15) is 28.9 Å². The number of hydrogen-bond donors (Lipinski definition) is 2. The second-order valence-corrected chi connectivity index (χ2v) is 18.8. The van der Waals surface area contributed by atoms with E-state index in [0.29, 0.717) is 19.3 Å². The van der Waals surface area contributed by atoms with Gasteiger partial charge in [0.25, 0.3) is 0 Å². The van der Waals surface area contributed by atoms with Crippen LogP contribution in [0.4, 0.5) is 0 Å². The molecule has 0 fully saturated rings. The molecule has 0 amide bonds. The van der Waals surface area contributed by atoms with Gasteiger partial charge in [-0.3, -0.25) is 23.4 Å². The van der Waals surface area contributed by atoms with Gasteiger partial charge in [-0.25, -0.2) is 4.57 Å². The maximum Gasteiger partial charge on any atom is 0.472 e. The van der Waals surface area contributed by atoms with Crippen molar-refractivity contribution in [3.05, 3.63) is 85.1 Å². The standard InChI is InChI=1S/C56H95O11P/c1-4-7-10-13-16-19-22-25-26-29-30-33-36-39-42-45-54(58)63-49-53(67-56(60)47-44-41-38-35-32-28-24-21-18-15-12-9-6-3)51-65-68(61,62)64-50-52(48-57)66-55(59)46-43-40-37-34-31-27-23-20-17-14-11-8-5-2/h7,10-12,14-16,19-21,23-26,52-53,57H,4-6,8-9,13,17-18,22,27-51H2,1-3H3,(H,61,62)/b10-7-,14-11-,15-12-,19-16-,23-20-,24-21-,26-25-. The lowest BCUT2D eigenvalue weighted by atomic mass is 10.1. The first-order valence-corrected chi connectivity index (χ1v) is 28.0. The maximum absolute atomic E-state index is 12.9. The van der Waals surface area contributed by atoms with Gasteiger partial charge in [-0.15, -0.1) is 0 Å². The van der Waals surface area contributed by atoms with E-state index in [-0.39, 0.29) is 25.9 Å². The van der Waals surface area contributed by atoms with Crippen LogP contribution in [-0.4, -0.2) is 66.5 Å². The van der Waals surface area contributed by atoms with Gasteiger partial charge in [0.1, 0.15) is 12.7 Å². The molecule has 0 saturated heterocycles. The molecular weight excluding hydrogens is 880 g/mol. The summed E-state index contributed by atoms with van der Waals surface area (Å²) in [6, 6.07) is 0. The van der Waals surface area contributed by atoms with Crippen LogP contribution in [0.25, 0.3) is 0 Å². The van der Waals surface area contributed by atoms with Crippen molar-refractivity contribution in [3.63, 3.8) is 0 Å². The van der Waals surface area contributed by atoms with Crippen LogP contribution in [0.2, 0.25) is 0 Å². The van der Waals surface area contributed by atoms with Crippen molar-refractivity contribution in [2.75, 3.05) is 26.4 Å². The molecule has 0 aliphatic heterocycles. The average Bonchev–Trinajstić information content (AvgIpc) is 3.32. The molecule has 390 valence electrons. The molecule has 2 N–H and O–H groups in total. The van der Waals surface area contributed by atoms with Gasteiger partial charge in [0.05, 0.1) is 19.8 Å². The monoisotopic (exact) mass is 975 g/mol. The zero-order chi connectivity index (χ0) is 49.9. The molecule has 3 atom stereocenters. The van der Waals surface area contributed by atoms with E-state index < -0.39 is 57.8 Å². The summed E-state index contributed by atoms with van der Waals surface area (Å²) in [6.07, 6.45) is 55.5. The molecule has 0 aliphatic rings. The number of carbonyl (C=O) groups excluding carboxylic acids is 3. The van der Waals surface area contributed by atoms with E-state index in [4.69, 9.17) is 23.3 Å². The van der Waals surface area contributed by atoms with Gasteiger partial charge in [0.2, 0.25) is 0 Å². The average molecular weight is 975 g/mol. The van der Waals surface area contributed by atoms with E-state index in [0.717, 1.165) is 154 Å². The molecule has 12 heteroatoms. The SMILES string of the molecule is CC/C=C\C/C=C\C/C=C\CCCCCCCC(=O)OCC(COP(=O)(O)OCC(CO)OC(=O)CCCCCCC/C=C\C/C=C\CCC)OC(=O)CCCCCCC/C=C\C/C=C\CCC. The minimum atomic E-state index is -4.76. The third kappa shape index (κ3) is 47.7. The van der Waals surface area contributed by atoms with Gasteiger partial charge in [-0.1, -0.05) is 176 Å². The van der Waals surface area contributed by atoms with Crippen molar-refractivity contribution in [2.24, 2.45) is 0 Å². The van der Waals surface area contributed by atoms with Crippen molar-refractivity contribution in [2.45, 2.75) is 226 Å². The first-order chi connectivity index (χ1) is 33.2. The van der Waals surface area contributed by atoms with Gasteiger partial charge >= 0.3 is 25.7 Å². The predicted molar refractivity (Wildman–Crippen MR) is 279 cm³/mol. The van der Waals surface area contributed by atoms with Gasteiger partial charge in [0.15, 0.2) is 6.10 Å². The molecule has 0 heterocycles. The first-order valence-electron chi connectivity index (χ1n) is 26.5. The lowest BCUT2D eigenvalue weighted by Crippen LogP contribution is -2.30. The highest BCUT2D eigenvalue weighted by Crippen LogP contribution is 2.43. The van der Waals surface area contributed by atoms with Crippen LogP contribution in [0.1, 0.15) is 213 Å². The third-order valence-corrected chi connectivity index (χ3v) is 11.7. The summed E-state index contributed by atoms with van der Waals surface area (Å²) in [5.41, 5.74) is 0. The Kier molecular flexibility index (Phi) is 47.6. The summed E-state index contributed by atoms with van der Waals surface area (Å²) in [5.74, 6) is -1.52. The number of aliphatic hydroxyl groups excluding tert-OH is 1. The van der Waals surface area contributed by atoms with Gasteiger partial charge < -0.3 is 24.2 Å². The molecule has 68 heavy (non-hydrogen) atoms. The fourth-order valence-corrected chi connectivity index (χ4v) is 7.52. The molecule has 0 saturated carbocycles. The van der Waals surface area contributed by atoms with Crippen molar-refractivity contribution in [1.29, 1.82) is 0 Å². The number of unbranched alkanes of at least 4 members (excludes halogenated alkanes) is 17. The molecule has 0 aromatic rings. The number of ether oxygens (including phenoxy) is 3. The Labute approximate surface area is 413 Å². The summed E-state index contributed by atoms with van der Waals surface area (Å²) >= 11 is 0. The Balaban J connectivity index is 4.79. The third-order valence-electron chi connectivity index (χ3n) is 10.7. The topological polar surface area (TPSA) is 155 Å². The summed E-state index contributed by atoms with van der Waals surface area (Å²) in [7, 11) is -4.76. The van der Waals surface area contributed by atoms with Gasteiger partial charge in [0, 0.05) is 19.3 Å². The highest BCUT2D eigenvalue weighted by molar-refractivity contribution is 7.47. The molecule has 0 aliphatic carbocycles. The van der Waals surface area contributed by atoms with Crippen LogP contribution in [0, 0.1) is 0 Å². The Bertz CT molecular complexity index is 1460. The number of hydrogen-bond acceptors (Lipinski definition) is 10. The second-order valence-electron chi connectivity index (χ2n) is 17.3. The fraction of sp³-hybridized carbons (Fsp3) is 0.696. The first kappa shape index (κ1) is 64.7. The predicted octanol–water partition coefficient (Wildman–Crippen LogP) is 15.1. The largest absolute Gasteiger partial charge is 0.472 e. The van der Waals surface area contributed by atoms with E-state index in [1.807, 2.05) is 0 Å². The summed E-state index contributed by atoms with van der Waals surface area (Å²) in [4.78, 5) is 48.3.